The highest BCUT2D eigenvalue weighted by Crippen LogP contribution is 2.30. The maximum atomic E-state index is 12.0. The number of hydrogen-bond donors (Lipinski definition) is 1. The van der Waals surface area contributed by atoms with Crippen LogP contribution in [-0.4, -0.2) is 39.7 Å². The molecule has 1 saturated carbocycles. The van der Waals surface area contributed by atoms with Gasteiger partial charge in [-0.15, -0.1) is 10.2 Å². The van der Waals surface area contributed by atoms with Gasteiger partial charge in [0.15, 0.2) is 17.1 Å². The Bertz CT molecular complexity index is 1600. The zero-order valence-corrected chi connectivity index (χ0v) is 18.4. The summed E-state index contributed by atoms with van der Waals surface area (Å²) in [5, 5.41) is 17.4. The van der Waals surface area contributed by atoms with Gasteiger partial charge in [-0.3, -0.25) is 14.0 Å². The van der Waals surface area contributed by atoms with E-state index in [0.717, 1.165) is 24.0 Å². The van der Waals surface area contributed by atoms with Crippen LogP contribution < -0.4 is 10.9 Å². The van der Waals surface area contributed by atoms with Gasteiger partial charge >= 0.3 is 0 Å². The Morgan fingerprint density at radius 2 is 1.79 bits per heavy atom. The number of nitrogens with zero attached hydrogens (tertiary/aromatic N) is 7. The van der Waals surface area contributed by atoms with E-state index >= 15 is 0 Å². The molecule has 0 aromatic carbocycles. The Balaban J connectivity index is 1.30. The van der Waals surface area contributed by atoms with Crippen LogP contribution in [0.4, 0.5) is 5.82 Å². The van der Waals surface area contributed by atoms with Crippen molar-refractivity contribution in [3.8, 4) is 11.1 Å². The Labute approximate surface area is 191 Å². The van der Waals surface area contributed by atoms with Crippen LogP contribution in [0, 0.1) is 5.92 Å². The summed E-state index contributed by atoms with van der Waals surface area (Å²) in [4.78, 5) is 28.1. The van der Waals surface area contributed by atoms with Gasteiger partial charge in [0.1, 0.15) is 5.03 Å². The number of carbonyl (C=O) groups excluding carboxylic acids is 1. The first-order valence-electron chi connectivity index (χ1n) is 10.4. The van der Waals surface area contributed by atoms with E-state index in [4.69, 9.17) is 0 Å². The molecule has 1 fully saturated rings. The average molecular weight is 459 g/mol. The molecule has 1 aliphatic rings. The van der Waals surface area contributed by atoms with Crippen LogP contribution in [0.1, 0.15) is 12.8 Å². The highest BCUT2D eigenvalue weighted by Gasteiger charge is 2.30. The molecule has 5 aromatic heterocycles. The molecule has 1 N–H and O–H groups in total. The molecular formula is C22H18N8O2S. The summed E-state index contributed by atoms with van der Waals surface area (Å²) >= 11 is 1.37. The quantitative estimate of drug-likeness (QED) is 0.431. The van der Waals surface area contributed by atoms with E-state index in [-0.39, 0.29) is 17.4 Å². The standard InChI is InChI=1S/C22H18N8O2S/c1-28-10-14(5-9-20(28)31)15-4-6-18-25-26-22(29(18)11-15)33-19-8-7-17-23-16(12-30(17)27-19)24-21(32)13-2-3-13/h4-13H,2-3H2,1H3,(H,24,32). The van der Waals surface area contributed by atoms with E-state index in [1.165, 1.54) is 11.8 Å². The molecule has 0 atom stereocenters. The smallest absolute Gasteiger partial charge is 0.250 e. The molecule has 164 valence electrons. The number of anilines is 1. The molecule has 11 heteroatoms. The first kappa shape index (κ1) is 19.7. The number of rotatable bonds is 5. The van der Waals surface area contributed by atoms with Gasteiger partial charge in [0, 0.05) is 37.0 Å². The number of carbonyl (C=O) groups is 1. The van der Waals surface area contributed by atoms with E-state index in [2.05, 4.69) is 25.6 Å². The van der Waals surface area contributed by atoms with E-state index < -0.39 is 0 Å². The maximum Gasteiger partial charge on any atom is 0.250 e. The minimum atomic E-state index is -0.0587. The van der Waals surface area contributed by atoms with Gasteiger partial charge in [0.05, 0.1) is 6.20 Å². The van der Waals surface area contributed by atoms with Gasteiger partial charge in [-0.1, -0.05) is 0 Å². The number of fused-ring (bicyclic) bond motifs is 2. The van der Waals surface area contributed by atoms with Crippen LogP contribution in [0.3, 0.4) is 0 Å². The highest BCUT2D eigenvalue weighted by molar-refractivity contribution is 7.99. The number of pyridine rings is 2. The van der Waals surface area contributed by atoms with Crippen molar-refractivity contribution >= 4 is 34.8 Å². The van der Waals surface area contributed by atoms with E-state index in [1.807, 2.05) is 34.9 Å². The second-order valence-corrected chi connectivity index (χ2v) is 8.95. The van der Waals surface area contributed by atoms with Gasteiger partial charge in [-0.2, -0.15) is 5.10 Å². The van der Waals surface area contributed by atoms with Crippen LogP contribution >= 0.6 is 11.8 Å². The van der Waals surface area contributed by atoms with Crippen molar-refractivity contribution in [1.82, 2.24) is 33.8 Å². The van der Waals surface area contributed by atoms with Crippen LogP contribution in [0.15, 0.2) is 70.0 Å². The normalized spacial score (nSPS) is 13.6. The van der Waals surface area contributed by atoms with Crippen LogP contribution in [0.25, 0.3) is 22.4 Å². The monoisotopic (exact) mass is 458 g/mol. The third kappa shape index (κ3) is 3.76. The lowest BCUT2D eigenvalue weighted by Crippen LogP contribution is -2.13. The second-order valence-electron chi connectivity index (χ2n) is 7.96. The Morgan fingerprint density at radius 1 is 1.00 bits per heavy atom. The minimum absolute atomic E-state index is 0.0113. The van der Waals surface area contributed by atoms with Crippen molar-refractivity contribution in [1.29, 1.82) is 0 Å². The Morgan fingerprint density at radius 3 is 2.61 bits per heavy atom. The van der Waals surface area contributed by atoms with E-state index in [9.17, 15) is 9.59 Å². The van der Waals surface area contributed by atoms with Gasteiger partial charge < -0.3 is 9.88 Å². The topological polar surface area (TPSA) is 111 Å². The summed E-state index contributed by atoms with van der Waals surface area (Å²) in [5.74, 6) is 0.620. The fraction of sp³-hybridized carbons (Fsp3) is 0.182. The molecule has 10 nitrogen and oxygen atoms in total. The number of imidazole rings is 1. The molecule has 1 aliphatic carbocycles. The lowest BCUT2D eigenvalue weighted by molar-refractivity contribution is -0.117. The first-order valence-corrected chi connectivity index (χ1v) is 11.2. The van der Waals surface area contributed by atoms with E-state index in [1.54, 1.807) is 40.7 Å². The SMILES string of the molecule is Cn1cc(-c2ccc3nnc(Sc4ccc5nc(NC(=O)C6CC6)cn5n4)n3c2)ccc1=O. The lowest BCUT2D eigenvalue weighted by Gasteiger charge is -2.06. The fourth-order valence-corrected chi connectivity index (χ4v) is 4.30. The molecule has 0 spiro atoms. The molecule has 33 heavy (non-hydrogen) atoms. The lowest BCUT2D eigenvalue weighted by atomic mass is 10.1. The summed E-state index contributed by atoms with van der Waals surface area (Å²) in [5.41, 5.74) is 3.15. The largest absolute Gasteiger partial charge is 0.318 e. The molecule has 5 heterocycles. The molecule has 0 unspecified atom stereocenters. The summed E-state index contributed by atoms with van der Waals surface area (Å²) in [7, 11) is 1.73. The third-order valence-electron chi connectivity index (χ3n) is 5.48. The van der Waals surface area contributed by atoms with Crippen molar-refractivity contribution in [2.24, 2.45) is 13.0 Å². The van der Waals surface area contributed by atoms with Crippen molar-refractivity contribution in [3.05, 3.63) is 65.3 Å². The molecule has 0 radical (unpaired) electrons. The number of nitrogens with one attached hydrogen (secondary N) is 1. The van der Waals surface area contributed by atoms with Crippen molar-refractivity contribution in [3.63, 3.8) is 0 Å². The fourth-order valence-electron chi connectivity index (χ4n) is 3.52. The molecule has 0 saturated heterocycles. The first-order chi connectivity index (χ1) is 16.0. The van der Waals surface area contributed by atoms with Crippen molar-refractivity contribution in [2.75, 3.05) is 5.32 Å². The van der Waals surface area contributed by atoms with Gasteiger partial charge in [-0.05, 0) is 60.5 Å². The minimum Gasteiger partial charge on any atom is -0.318 e. The summed E-state index contributed by atoms with van der Waals surface area (Å²) in [6.45, 7) is 0. The molecule has 0 aliphatic heterocycles. The second kappa shape index (κ2) is 7.55. The van der Waals surface area contributed by atoms with Crippen molar-refractivity contribution in [2.45, 2.75) is 23.0 Å². The zero-order valence-electron chi connectivity index (χ0n) is 17.5. The molecule has 0 bridgehead atoms. The maximum absolute atomic E-state index is 12.0. The molecule has 1 amide bonds. The van der Waals surface area contributed by atoms with Crippen LogP contribution in [0.5, 0.6) is 0 Å². The Hall–Kier alpha value is -3.99. The molecular weight excluding hydrogens is 440 g/mol. The van der Waals surface area contributed by atoms with Crippen LogP contribution in [0.2, 0.25) is 0 Å². The van der Waals surface area contributed by atoms with E-state index in [0.29, 0.717) is 27.3 Å². The molecule has 5 aromatic rings. The highest BCUT2D eigenvalue weighted by atomic mass is 32.2. The summed E-state index contributed by atoms with van der Waals surface area (Å²) in [6, 6.07) is 10.9. The van der Waals surface area contributed by atoms with Gasteiger partial charge in [0.25, 0.3) is 0 Å². The average Bonchev–Trinajstić information content (AvgIpc) is 3.49. The van der Waals surface area contributed by atoms with Gasteiger partial charge in [0.2, 0.25) is 16.6 Å². The van der Waals surface area contributed by atoms with Gasteiger partial charge in [-0.25, -0.2) is 9.50 Å². The summed E-state index contributed by atoms with van der Waals surface area (Å²) in [6.07, 6.45) is 7.33. The molecule has 6 rings (SSSR count). The number of hydrogen-bond acceptors (Lipinski definition) is 7. The summed E-state index contributed by atoms with van der Waals surface area (Å²) < 4.78 is 5.09. The number of amides is 1. The number of aromatic nitrogens is 7. The zero-order chi connectivity index (χ0) is 22.5. The number of aryl methyl sites for hydroxylation is 1. The predicted molar refractivity (Wildman–Crippen MR) is 122 cm³/mol. The Kier molecular flexibility index (Phi) is 4.50. The van der Waals surface area contributed by atoms with Crippen LogP contribution in [-0.2, 0) is 11.8 Å². The van der Waals surface area contributed by atoms with Crippen molar-refractivity contribution < 1.29 is 4.79 Å². The predicted octanol–water partition coefficient (Wildman–Crippen LogP) is 2.64. The third-order valence-corrected chi connectivity index (χ3v) is 6.37.